The molecule has 35 heavy (non-hydrogen) atoms. The summed E-state index contributed by atoms with van der Waals surface area (Å²) in [5.74, 6) is -0.0947. The van der Waals surface area contributed by atoms with Crippen molar-refractivity contribution in [1.29, 1.82) is 0 Å². The van der Waals surface area contributed by atoms with E-state index in [9.17, 15) is 9.59 Å². The number of nitrogens with one attached hydrogen (secondary N) is 1. The first-order valence-corrected chi connectivity index (χ1v) is 13.9. The summed E-state index contributed by atoms with van der Waals surface area (Å²) in [6.45, 7) is 3.73. The normalized spacial score (nSPS) is 25.0. The summed E-state index contributed by atoms with van der Waals surface area (Å²) in [5, 5.41) is 3.38. The number of aromatic nitrogens is 1. The first kappa shape index (κ1) is 24.4. The lowest BCUT2D eigenvalue weighted by Gasteiger charge is -2.45. The van der Waals surface area contributed by atoms with Gasteiger partial charge >= 0.3 is 0 Å². The SMILES string of the molecule is CN(CCN1C(=O)c2cc3occc3n2C[C@]1(C)C(=O)NC1CCCCCCC1)C1CCCCC1. The first-order valence-electron chi connectivity index (χ1n) is 13.9. The van der Waals surface area contributed by atoms with Gasteiger partial charge in [0.15, 0.2) is 5.58 Å². The standard InChI is InChI=1S/C28H42N4O3/c1-28(27(34)29-21-11-7-4-3-5-8-12-21)20-31-23-15-18-35-25(23)19-24(31)26(33)32(28)17-16-30(2)22-13-9-6-10-14-22/h15,18-19,21-22H,3-14,16-17,20H2,1-2H3,(H,29,34)/t28-/m1/s1. The maximum absolute atomic E-state index is 13.9. The number of furan rings is 1. The Bertz CT molecular complexity index is 1030. The highest BCUT2D eigenvalue weighted by Crippen LogP contribution is 2.33. The summed E-state index contributed by atoms with van der Waals surface area (Å²) in [6, 6.07) is 4.50. The molecule has 2 aliphatic carbocycles. The van der Waals surface area contributed by atoms with Crippen molar-refractivity contribution in [3.8, 4) is 0 Å². The molecular formula is C28H42N4O3. The third-order valence-electron chi connectivity index (χ3n) is 8.85. The number of carbonyl (C=O) groups excluding carboxylic acids is 2. The minimum Gasteiger partial charge on any atom is -0.463 e. The van der Waals surface area contributed by atoms with Crippen LogP contribution in [0.25, 0.3) is 11.1 Å². The van der Waals surface area contributed by atoms with Crippen LogP contribution in [0.15, 0.2) is 22.8 Å². The molecule has 2 fully saturated rings. The van der Waals surface area contributed by atoms with E-state index in [-0.39, 0.29) is 17.9 Å². The Hall–Kier alpha value is -2.28. The molecule has 192 valence electrons. The zero-order chi connectivity index (χ0) is 24.4. The fourth-order valence-electron chi connectivity index (χ4n) is 6.53. The highest BCUT2D eigenvalue weighted by molar-refractivity contribution is 6.02. The smallest absolute Gasteiger partial charge is 0.271 e. The molecule has 0 spiro atoms. The minimum atomic E-state index is -0.941. The van der Waals surface area contributed by atoms with Crippen LogP contribution in [0.1, 0.15) is 94.5 Å². The first-order chi connectivity index (χ1) is 17.0. The summed E-state index contributed by atoms with van der Waals surface area (Å²) in [6.07, 6.45) is 16.2. The lowest BCUT2D eigenvalue weighted by atomic mass is 9.91. The molecule has 1 N–H and O–H groups in total. The van der Waals surface area contributed by atoms with Crippen molar-refractivity contribution in [3.63, 3.8) is 0 Å². The van der Waals surface area contributed by atoms with E-state index in [4.69, 9.17) is 4.42 Å². The molecule has 2 amide bonds. The van der Waals surface area contributed by atoms with Crippen molar-refractivity contribution in [2.75, 3.05) is 20.1 Å². The van der Waals surface area contributed by atoms with E-state index in [1.807, 2.05) is 28.5 Å². The molecule has 0 saturated heterocycles. The Labute approximate surface area is 209 Å². The molecular weight excluding hydrogens is 440 g/mol. The number of rotatable bonds is 6. The van der Waals surface area contributed by atoms with E-state index in [1.54, 1.807) is 6.26 Å². The van der Waals surface area contributed by atoms with Crippen LogP contribution in [-0.2, 0) is 11.3 Å². The summed E-state index contributed by atoms with van der Waals surface area (Å²) in [5.41, 5.74) is 1.27. The molecule has 2 saturated carbocycles. The Kier molecular flexibility index (Phi) is 7.24. The topological polar surface area (TPSA) is 70.7 Å². The Balaban J connectivity index is 1.39. The number of fused-ring (bicyclic) bond motifs is 3. The van der Waals surface area contributed by atoms with Crippen molar-refractivity contribution in [3.05, 3.63) is 24.1 Å². The van der Waals surface area contributed by atoms with Gasteiger partial charge in [0.05, 0.1) is 18.3 Å². The molecule has 2 aromatic rings. The van der Waals surface area contributed by atoms with Crippen LogP contribution in [0.4, 0.5) is 0 Å². The van der Waals surface area contributed by atoms with Gasteiger partial charge in [0.25, 0.3) is 5.91 Å². The Morgan fingerprint density at radius 1 is 1.09 bits per heavy atom. The molecule has 0 unspecified atom stereocenters. The number of hydrogen-bond donors (Lipinski definition) is 1. The van der Waals surface area contributed by atoms with Gasteiger partial charge in [0.1, 0.15) is 11.2 Å². The maximum atomic E-state index is 13.9. The van der Waals surface area contributed by atoms with Crippen molar-refractivity contribution >= 4 is 22.9 Å². The number of nitrogens with zero attached hydrogens (tertiary/aromatic N) is 3. The molecule has 7 heteroatoms. The number of carbonyl (C=O) groups is 2. The molecule has 1 atom stereocenters. The zero-order valence-electron chi connectivity index (χ0n) is 21.6. The van der Waals surface area contributed by atoms with Crippen LogP contribution in [-0.4, -0.2) is 63.9 Å². The third-order valence-corrected chi connectivity index (χ3v) is 8.85. The highest BCUT2D eigenvalue weighted by atomic mass is 16.3. The second kappa shape index (κ2) is 10.4. The average Bonchev–Trinajstić information content (AvgIpc) is 3.43. The summed E-state index contributed by atoms with van der Waals surface area (Å²) >= 11 is 0. The van der Waals surface area contributed by atoms with E-state index in [0.29, 0.717) is 30.4 Å². The van der Waals surface area contributed by atoms with E-state index in [0.717, 1.165) is 37.7 Å². The largest absolute Gasteiger partial charge is 0.463 e. The summed E-state index contributed by atoms with van der Waals surface area (Å²) < 4.78 is 7.59. The zero-order valence-corrected chi connectivity index (χ0v) is 21.6. The van der Waals surface area contributed by atoms with Crippen LogP contribution in [0, 0.1) is 0 Å². The van der Waals surface area contributed by atoms with Gasteiger partial charge in [-0.2, -0.15) is 0 Å². The number of hydrogen-bond acceptors (Lipinski definition) is 4. The van der Waals surface area contributed by atoms with Crippen LogP contribution in [0.2, 0.25) is 0 Å². The van der Waals surface area contributed by atoms with Gasteiger partial charge in [0.2, 0.25) is 5.91 Å². The molecule has 0 bridgehead atoms. The second-order valence-electron chi connectivity index (χ2n) is 11.3. The van der Waals surface area contributed by atoms with Crippen LogP contribution >= 0.6 is 0 Å². The molecule has 7 nitrogen and oxygen atoms in total. The maximum Gasteiger partial charge on any atom is 0.271 e. The second-order valence-corrected chi connectivity index (χ2v) is 11.3. The minimum absolute atomic E-state index is 0.0206. The van der Waals surface area contributed by atoms with Gasteiger partial charge < -0.3 is 24.1 Å². The van der Waals surface area contributed by atoms with Crippen molar-refractivity contribution in [2.24, 2.45) is 0 Å². The fourth-order valence-corrected chi connectivity index (χ4v) is 6.53. The van der Waals surface area contributed by atoms with Crippen LogP contribution < -0.4 is 5.32 Å². The molecule has 5 rings (SSSR count). The van der Waals surface area contributed by atoms with Gasteiger partial charge in [-0.15, -0.1) is 0 Å². The molecule has 0 radical (unpaired) electrons. The quantitative estimate of drug-likeness (QED) is 0.633. The Morgan fingerprint density at radius 2 is 1.74 bits per heavy atom. The lowest BCUT2D eigenvalue weighted by molar-refractivity contribution is -0.133. The molecule has 1 aliphatic heterocycles. The van der Waals surface area contributed by atoms with Crippen molar-refractivity contribution < 1.29 is 14.0 Å². The van der Waals surface area contributed by atoms with Gasteiger partial charge in [0, 0.05) is 37.3 Å². The monoisotopic (exact) mass is 482 g/mol. The Morgan fingerprint density at radius 3 is 2.49 bits per heavy atom. The van der Waals surface area contributed by atoms with E-state index < -0.39 is 5.54 Å². The lowest BCUT2D eigenvalue weighted by Crippen LogP contribution is -2.65. The van der Waals surface area contributed by atoms with E-state index >= 15 is 0 Å². The highest BCUT2D eigenvalue weighted by Gasteiger charge is 2.48. The molecule has 2 aromatic heterocycles. The molecule has 3 aliphatic rings. The van der Waals surface area contributed by atoms with E-state index in [2.05, 4.69) is 17.3 Å². The van der Waals surface area contributed by atoms with Gasteiger partial charge in [-0.05, 0) is 39.7 Å². The van der Waals surface area contributed by atoms with Crippen LogP contribution in [0.3, 0.4) is 0 Å². The predicted octanol–water partition coefficient (Wildman–Crippen LogP) is 4.94. The number of amides is 2. The van der Waals surface area contributed by atoms with E-state index in [1.165, 1.54) is 51.4 Å². The van der Waals surface area contributed by atoms with Crippen molar-refractivity contribution in [1.82, 2.24) is 19.7 Å². The third kappa shape index (κ3) is 4.89. The van der Waals surface area contributed by atoms with Gasteiger partial charge in [-0.25, -0.2) is 0 Å². The number of likely N-dealkylation sites (N-methyl/N-ethyl adjacent to an activating group) is 1. The summed E-state index contributed by atoms with van der Waals surface area (Å²) in [7, 11) is 2.17. The van der Waals surface area contributed by atoms with Crippen LogP contribution in [0.5, 0.6) is 0 Å². The fraction of sp³-hybridized carbons (Fsp3) is 0.714. The van der Waals surface area contributed by atoms with Gasteiger partial charge in [-0.1, -0.05) is 51.4 Å². The van der Waals surface area contributed by atoms with Gasteiger partial charge in [-0.3, -0.25) is 9.59 Å². The molecule has 3 heterocycles. The van der Waals surface area contributed by atoms with Crippen molar-refractivity contribution in [2.45, 2.75) is 108 Å². The summed E-state index contributed by atoms with van der Waals surface area (Å²) in [4.78, 5) is 32.0. The molecule has 0 aromatic carbocycles. The average molecular weight is 483 g/mol. The predicted molar refractivity (Wildman–Crippen MR) is 137 cm³/mol.